The summed E-state index contributed by atoms with van der Waals surface area (Å²) in [6.07, 6.45) is 6.69. The van der Waals surface area contributed by atoms with Gasteiger partial charge in [0.15, 0.2) is 0 Å². The minimum atomic E-state index is 0.650. The van der Waals surface area contributed by atoms with Gasteiger partial charge in [-0.05, 0) is 49.4 Å². The van der Waals surface area contributed by atoms with Crippen molar-refractivity contribution < 1.29 is 0 Å². The summed E-state index contributed by atoms with van der Waals surface area (Å²) in [7, 11) is 0. The van der Waals surface area contributed by atoms with Crippen molar-refractivity contribution >= 4 is 5.69 Å². The topological polar surface area (TPSA) is 29.3 Å². The van der Waals surface area contributed by atoms with Crippen LogP contribution in [0.3, 0.4) is 0 Å². The zero-order valence-corrected chi connectivity index (χ0v) is 11.4. The van der Waals surface area contributed by atoms with Gasteiger partial charge < -0.3 is 5.73 Å². The first-order chi connectivity index (χ1) is 8.76. The van der Waals surface area contributed by atoms with Gasteiger partial charge in [-0.3, -0.25) is 4.90 Å². The monoisotopic (exact) mass is 244 g/mol. The van der Waals surface area contributed by atoms with E-state index in [1.807, 2.05) is 12.1 Å². The zero-order valence-electron chi connectivity index (χ0n) is 11.4. The molecule has 0 radical (unpaired) electrons. The number of nitrogen functional groups attached to an aromatic ring is 1. The van der Waals surface area contributed by atoms with Gasteiger partial charge in [0.1, 0.15) is 0 Å². The Morgan fingerprint density at radius 1 is 1.50 bits per heavy atom. The van der Waals surface area contributed by atoms with E-state index in [4.69, 9.17) is 5.73 Å². The van der Waals surface area contributed by atoms with Crippen molar-refractivity contribution in [2.75, 3.05) is 18.8 Å². The maximum atomic E-state index is 6.05. The Balaban J connectivity index is 2.12. The first-order valence-electron chi connectivity index (χ1n) is 6.97. The number of anilines is 1. The molecule has 1 aliphatic rings. The molecule has 1 unspecified atom stereocenters. The lowest BCUT2D eigenvalue weighted by atomic mass is 9.86. The van der Waals surface area contributed by atoms with Crippen molar-refractivity contribution in [1.29, 1.82) is 0 Å². The van der Waals surface area contributed by atoms with Gasteiger partial charge in [0.05, 0.1) is 0 Å². The van der Waals surface area contributed by atoms with E-state index in [0.717, 1.165) is 31.6 Å². The maximum absolute atomic E-state index is 6.05. The first kappa shape index (κ1) is 13.2. The molecule has 0 aliphatic heterocycles. The highest BCUT2D eigenvalue weighted by Gasteiger charge is 2.23. The molecule has 2 rings (SSSR count). The fraction of sp³-hybridized carbons (Fsp3) is 0.500. The van der Waals surface area contributed by atoms with Crippen LogP contribution in [0.15, 0.2) is 30.9 Å². The number of nitrogens with two attached hydrogens (primary N) is 1. The van der Waals surface area contributed by atoms with Gasteiger partial charge in [-0.1, -0.05) is 25.1 Å². The van der Waals surface area contributed by atoms with Crippen molar-refractivity contribution in [3.8, 4) is 0 Å². The van der Waals surface area contributed by atoms with Crippen molar-refractivity contribution in [1.82, 2.24) is 4.90 Å². The number of rotatable bonds is 5. The Morgan fingerprint density at radius 3 is 3.06 bits per heavy atom. The Labute approximate surface area is 110 Å². The highest BCUT2D eigenvalue weighted by Crippen LogP contribution is 2.28. The second kappa shape index (κ2) is 6.05. The van der Waals surface area contributed by atoms with Crippen LogP contribution in [0.1, 0.15) is 30.9 Å². The molecule has 0 saturated heterocycles. The maximum Gasteiger partial charge on any atom is 0.0349 e. The Hall–Kier alpha value is -1.28. The van der Waals surface area contributed by atoms with E-state index >= 15 is 0 Å². The molecule has 0 saturated carbocycles. The molecule has 1 aliphatic carbocycles. The molecule has 1 aromatic rings. The van der Waals surface area contributed by atoms with Crippen LogP contribution in [0.4, 0.5) is 5.69 Å². The lowest BCUT2D eigenvalue weighted by Gasteiger charge is -2.34. The van der Waals surface area contributed by atoms with Crippen molar-refractivity contribution in [2.24, 2.45) is 0 Å². The van der Waals surface area contributed by atoms with E-state index < -0.39 is 0 Å². The summed E-state index contributed by atoms with van der Waals surface area (Å²) in [6, 6.07) is 6.98. The fourth-order valence-corrected chi connectivity index (χ4v) is 3.01. The standard InChI is InChI=1S/C16H24N2/c1-3-10-18(11-4-2)14-8-9-15-13(12-14)6-5-7-16(15)17/h3,5-7,14H,1,4,8-12,17H2,2H3. The molecule has 0 fully saturated rings. The van der Waals surface area contributed by atoms with Crippen LogP contribution in [0, 0.1) is 0 Å². The van der Waals surface area contributed by atoms with E-state index in [1.54, 1.807) is 0 Å². The number of benzene rings is 1. The predicted octanol–water partition coefficient (Wildman–Crippen LogP) is 3.02. The third-order valence-corrected chi connectivity index (χ3v) is 3.88. The Kier molecular flexibility index (Phi) is 4.43. The van der Waals surface area contributed by atoms with Crippen LogP contribution in [0.25, 0.3) is 0 Å². The van der Waals surface area contributed by atoms with Crippen LogP contribution >= 0.6 is 0 Å². The average molecular weight is 244 g/mol. The van der Waals surface area contributed by atoms with E-state index in [2.05, 4.69) is 30.5 Å². The van der Waals surface area contributed by atoms with Gasteiger partial charge >= 0.3 is 0 Å². The van der Waals surface area contributed by atoms with E-state index in [9.17, 15) is 0 Å². The smallest absolute Gasteiger partial charge is 0.0349 e. The number of fused-ring (bicyclic) bond motifs is 1. The van der Waals surface area contributed by atoms with Crippen LogP contribution in [-0.2, 0) is 12.8 Å². The molecule has 0 bridgehead atoms. The minimum absolute atomic E-state index is 0.650. The molecule has 2 N–H and O–H groups in total. The molecule has 2 nitrogen and oxygen atoms in total. The predicted molar refractivity (Wildman–Crippen MR) is 78.7 cm³/mol. The number of hydrogen-bond acceptors (Lipinski definition) is 2. The second-order valence-electron chi connectivity index (χ2n) is 5.17. The second-order valence-corrected chi connectivity index (χ2v) is 5.17. The molecule has 18 heavy (non-hydrogen) atoms. The molecule has 0 spiro atoms. The number of nitrogens with zero attached hydrogens (tertiary/aromatic N) is 1. The SMILES string of the molecule is C=CCN(CCC)C1CCc2c(N)cccc2C1. The van der Waals surface area contributed by atoms with Gasteiger partial charge in [0.2, 0.25) is 0 Å². The van der Waals surface area contributed by atoms with E-state index in [1.165, 1.54) is 24.0 Å². The third-order valence-electron chi connectivity index (χ3n) is 3.88. The van der Waals surface area contributed by atoms with E-state index in [-0.39, 0.29) is 0 Å². The van der Waals surface area contributed by atoms with E-state index in [0.29, 0.717) is 6.04 Å². The summed E-state index contributed by atoms with van der Waals surface area (Å²) in [5.41, 5.74) is 9.84. The van der Waals surface area contributed by atoms with Crippen molar-refractivity contribution in [3.63, 3.8) is 0 Å². The van der Waals surface area contributed by atoms with Crippen molar-refractivity contribution in [2.45, 2.75) is 38.6 Å². The summed E-state index contributed by atoms with van der Waals surface area (Å²) in [6.45, 7) is 8.27. The molecule has 98 valence electrons. The minimum Gasteiger partial charge on any atom is -0.398 e. The molecule has 0 aromatic heterocycles. The Bertz CT molecular complexity index is 412. The highest BCUT2D eigenvalue weighted by molar-refractivity contribution is 5.52. The summed E-state index contributed by atoms with van der Waals surface area (Å²) in [4.78, 5) is 2.55. The van der Waals surface area contributed by atoms with Crippen LogP contribution < -0.4 is 5.73 Å². The summed E-state index contributed by atoms with van der Waals surface area (Å²) < 4.78 is 0. The van der Waals surface area contributed by atoms with Crippen LogP contribution in [0.5, 0.6) is 0 Å². The largest absolute Gasteiger partial charge is 0.398 e. The lowest BCUT2D eigenvalue weighted by molar-refractivity contribution is 0.199. The summed E-state index contributed by atoms with van der Waals surface area (Å²) in [5, 5.41) is 0. The molecule has 2 heteroatoms. The normalized spacial score (nSPS) is 18.7. The molecular formula is C16H24N2. The van der Waals surface area contributed by atoms with Gasteiger partial charge in [0, 0.05) is 18.3 Å². The zero-order chi connectivity index (χ0) is 13.0. The third kappa shape index (κ3) is 2.75. The summed E-state index contributed by atoms with van der Waals surface area (Å²) >= 11 is 0. The Morgan fingerprint density at radius 2 is 2.33 bits per heavy atom. The fourth-order valence-electron chi connectivity index (χ4n) is 3.01. The van der Waals surface area contributed by atoms with Crippen LogP contribution in [-0.4, -0.2) is 24.0 Å². The van der Waals surface area contributed by atoms with Gasteiger partial charge in [-0.15, -0.1) is 6.58 Å². The lowest BCUT2D eigenvalue weighted by Crippen LogP contribution is -2.40. The average Bonchev–Trinajstić information content (AvgIpc) is 2.38. The van der Waals surface area contributed by atoms with Crippen LogP contribution in [0.2, 0.25) is 0 Å². The summed E-state index contributed by atoms with van der Waals surface area (Å²) in [5.74, 6) is 0. The molecule has 0 heterocycles. The van der Waals surface area contributed by atoms with Gasteiger partial charge in [0.25, 0.3) is 0 Å². The molecule has 1 aromatic carbocycles. The molecular weight excluding hydrogens is 220 g/mol. The molecule has 1 atom stereocenters. The van der Waals surface area contributed by atoms with Gasteiger partial charge in [-0.2, -0.15) is 0 Å². The number of hydrogen-bond donors (Lipinski definition) is 1. The quantitative estimate of drug-likeness (QED) is 0.637. The van der Waals surface area contributed by atoms with Gasteiger partial charge in [-0.25, -0.2) is 0 Å². The molecule has 0 amide bonds. The highest BCUT2D eigenvalue weighted by atomic mass is 15.1. The van der Waals surface area contributed by atoms with Crippen molar-refractivity contribution in [3.05, 3.63) is 42.0 Å². The first-order valence-corrected chi connectivity index (χ1v) is 6.97.